The lowest BCUT2D eigenvalue weighted by atomic mass is 9.98. The molecule has 19 heteroatoms. The van der Waals surface area contributed by atoms with E-state index in [9.17, 15) is 43.2 Å². The molecule has 5 atom stereocenters. The molecule has 1 aromatic rings. The number of rotatable bonds is 17. The van der Waals surface area contributed by atoms with Crippen LogP contribution in [0.4, 0.5) is 4.79 Å². The fraction of sp³-hybridized carbons (Fsp3) is 0.667. The SMILES string of the molecule is COC(=O)[C@H](Cc1ccccc1)NC(=O)C(C)(C)NC(=O)[C@H](C)NC(=O)[C@@H](NC(=O)C(C)(C)NC(=O)[C@@H]1CCCN1C(=O)[C@@H]1CCCN1C(=O)C(C)(C)NC(=O)OC(C)(C)C)C(C)C. The summed E-state index contributed by atoms with van der Waals surface area (Å²) in [7, 11) is 1.21. The Hall–Kier alpha value is -5.75. The summed E-state index contributed by atoms with van der Waals surface area (Å²) in [5, 5.41) is 15.9. The molecule has 0 saturated carbocycles. The van der Waals surface area contributed by atoms with Gasteiger partial charge in [-0.3, -0.25) is 33.6 Å². The molecule has 0 bridgehead atoms. The molecule has 356 valence electrons. The van der Waals surface area contributed by atoms with Crippen LogP contribution >= 0.6 is 0 Å². The lowest BCUT2D eigenvalue weighted by molar-refractivity contribution is -0.149. The van der Waals surface area contributed by atoms with E-state index < -0.39 is 112 Å². The predicted octanol–water partition coefficient (Wildman–Crippen LogP) is 1.61. The zero-order valence-corrected chi connectivity index (χ0v) is 39.7. The Bertz CT molecular complexity index is 1910. The first kappa shape index (κ1) is 52.6. The monoisotopic (exact) mass is 899 g/mol. The van der Waals surface area contributed by atoms with Gasteiger partial charge in [0.15, 0.2) is 0 Å². The van der Waals surface area contributed by atoms with Crippen LogP contribution in [-0.2, 0) is 54.3 Å². The number of carbonyl (C=O) groups is 9. The van der Waals surface area contributed by atoms with Crippen molar-refractivity contribution >= 4 is 53.4 Å². The number of methoxy groups -OCH3 is 1. The minimum Gasteiger partial charge on any atom is -0.467 e. The van der Waals surface area contributed by atoms with Crippen LogP contribution in [0.5, 0.6) is 0 Å². The first-order chi connectivity index (χ1) is 29.5. The second-order valence-electron chi connectivity index (χ2n) is 19.5. The molecular formula is C45H70N8O11. The Labute approximate surface area is 376 Å². The third-order valence-electron chi connectivity index (χ3n) is 11.1. The van der Waals surface area contributed by atoms with E-state index in [1.807, 2.05) is 6.07 Å². The van der Waals surface area contributed by atoms with Gasteiger partial charge in [-0.2, -0.15) is 0 Å². The molecule has 8 amide bonds. The molecule has 0 spiro atoms. The van der Waals surface area contributed by atoms with Gasteiger partial charge in [-0.25, -0.2) is 9.59 Å². The van der Waals surface area contributed by atoms with Gasteiger partial charge in [-0.15, -0.1) is 0 Å². The van der Waals surface area contributed by atoms with Crippen molar-refractivity contribution in [1.82, 2.24) is 41.7 Å². The third-order valence-corrected chi connectivity index (χ3v) is 11.1. The van der Waals surface area contributed by atoms with Gasteiger partial charge < -0.3 is 51.2 Å². The van der Waals surface area contributed by atoms with E-state index in [4.69, 9.17) is 9.47 Å². The van der Waals surface area contributed by atoms with Gasteiger partial charge >= 0.3 is 12.1 Å². The van der Waals surface area contributed by atoms with E-state index in [0.717, 1.165) is 5.56 Å². The molecule has 3 rings (SSSR count). The van der Waals surface area contributed by atoms with Crippen LogP contribution in [0.2, 0.25) is 0 Å². The van der Waals surface area contributed by atoms with Crippen molar-refractivity contribution in [3.63, 3.8) is 0 Å². The molecule has 2 aliphatic heterocycles. The molecule has 19 nitrogen and oxygen atoms in total. The van der Waals surface area contributed by atoms with Gasteiger partial charge in [0.1, 0.15) is 52.4 Å². The third kappa shape index (κ3) is 14.1. The van der Waals surface area contributed by atoms with Crippen molar-refractivity contribution in [2.75, 3.05) is 20.2 Å². The standard InChI is InChI=1S/C45H70N8O11/c1-26(2)32(35(56)46-27(3)33(54)49-43(7,8)38(59)47-29(37(58)63-13)25-28-19-15-14-16-20-28)48-39(60)44(9,10)50-34(55)30-21-17-23-52(30)36(57)31-22-18-24-53(31)40(61)45(11,12)51-41(62)64-42(4,5)6/h14-16,19-20,26-27,29-32H,17-18,21-25H2,1-13H3,(H,46,56)(H,47,59)(H,48,60)(H,49,54)(H,50,55)(H,51,62)/t27-,29-,30-,31-,32-/m0/s1. The van der Waals surface area contributed by atoms with Crippen LogP contribution in [0.15, 0.2) is 30.3 Å². The Balaban J connectivity index is 1.62. The molecule has 1 aromatic carbocycles. The maximum atomic E-state index is 14.0. The van der Waals surface area contributed by atoms with Gasteiger partial charge in [0.25, 0.3) is 0 Å². The number of alkyl carbamates (subject to hydrolysis) is 1. The number of nitrogens with one attached hydrogen (secondary N) is 6. The first-order valence-corrected chi connectivity index (χ1v) is 21.8. The number of ether oxygens (including phenoxy) is 2. The Morgan fingerprint density at radius 1 is 0.672 bits per heavy atom. The summed E-state index contributed by atoms with van der Waals surface area (Å²) in [6.45, 7) is 19.3. The highest BCUT2D eigenvalue weighted by Crippen LogP contribution is 2.28. The molecule has 2 heterocycles. The van der Waals surface area contributed by atoms with Crippen LogP contribution < -0.4 is 31.9 Å². The van der Waals surface area contributed by atoms with Crippen LogP contribution in [0.1, 0.15) is 114 Å². The molecule has 0 aliphatic carbocycles. The van der Waals surface area contributed by atoms with Gasteiger partial charge in [-0.1, -0.05) is 44.2 Å². The summed E-state index contributed by atoms with van der Waals surface area (Å²) in [5.74, 6) is -5.40. The van der Waals surface area contributed by atoms with Crippen molar-refractivity contribution in [3.05, 3.63) is 35.9 Å². The summed E-state index contributed by atoms with van der Waals surface area (Å²) >= 11 is 0. The summed E-state index contributed by atoms with van der Waals surface area (Å²) in [6, 6.07) is 3.85. The van der Waals surface area contributed by atoms with Crippen molar-refractivity contribution < 1.29 is 52.6 Å². The Kier molecular flexibility index (Phi) is 17.5. The lowest BCUT2D eigenvalue weighted by Crippen LogP contribution is -2.64. The average Bonchev–Trinajstić information content (AvgIpc) is 3.89. The zero-order chi connectivity index (χ0) is 48.5. The van der Waals surface area contributed by atoms with E-state index in [1.165, 1.54) is 65.4 Å². The van der Waals surface area contributed by atoms with E-state index in [0.29, 0.717) is 25.7 Å². The zero-order valence-electron chi connectivity index (χ0n) is 39.7. The van der Waals surface area contributed by atoms with Crippen LogP contribution in [0.3, 0.4) is 0 Å². The van der Waals surface area contributed by atoms with E-state index in [2.05, 4.69) is 31.9 Å². The molecule has 6 N–H and O–H groups in total. The maximum Gasteiger partial charge on any atom is 0.408 e. The number of amides is 8. The van der Waals surface area contributed by atoms with Crippen molar-refractivity contribution in [2.24, 2.45) is 5.92 Å². The number of nitrogens with zero attached hydrogens (tertiary/aromatic N) is 2. The molecule has 2 fully saturated rings. The molecule has 64 heavy (non-hydrogen) atoms. The number of likely N-dealkylation sites (tertiary alicyclic amines) is 2. The predicted molar refractivity (Wildman–Crippen MR) is 236 cm³/mol. The summed E-state index contributed by atoms with van der Waals surface area (Å²) in [5.41, 5.74) is -4.50. The quantitative estimate of drug-likeness (QED) is 0.123. The Morgan fingerprint density at radius 2 is 1.22 bits per heavy atom. The molecule has 2 aliphatic rings. The molecule has 2 saturated heterocycles. The summed E-state index contributed by atoms with van der Waals surface area (Å²) in [4.78, 5) is 124. The minimum atomic E-state index is -1.57. The number of esters is 1. The highest BCUT2D eigenvalue weighted by Gasteiger charge is 2.47. The van der Waals surface area contributed by atoms with Gasteiger partial charge in [-0.05, 0) is 106 Å². The fourth-order valence-electron chi connectivity index (χ4n) is 7.40. The highest BCUT2D eigenvalue weighted by atomic mass is 16.6. The number of hydrogen-bond acceptors (Lipinski definition) is 11. The Morgan fingerprint density at radius 3 is 1.78 bits per heavy atom. The highest BCUT2D eigenvalue weighted by molar-refractivity contribution is 6.00. The second-order valence-corrected chi connectivity index (χ2v) is 19.5. The van der Waals surface area contributed by atoms with Crippen molar-refractivity contribution in [3.8, 4) is 0 Å². The molecule has 0 aromatic heterocycles. The summed E-state index contributed by atoms with van der Waals surface area (Å²) in [6.07, 6.45) is 1.11. The minimum absolute atomic E-state index is 0.150. The lowest BCUT2D eigenvalue weighted by Gasteiger charge is -2.36. The van der Waals surface area contributed by atoms with Crippen LogP contribution in [-0.4, -0.2) is 136 Å². The van der Waals surface area contributed by atoms with Crippen molar-refractivity contribution in [2.45, 2.75) is 168 Å². The number of benzene rings is 1. The number of hydrogen-bond donors (Lipinski definition) is 6. The van der Waals surface area contributed by atoms with E-state index in [1.54, 1.807) is 58.9 Å². The van der Waals surface area contributed by atoms with Gasteiger partial charge in [0, 0.05) is 19.5 Å². The largest absolute Gasteiger partial charge is 0.467 e. The van der Waals surface area contributed by atoms with Crippen molar-refractivity contribution in [1.29, 1.82) is 0 Å². The molecule has 0 unspecified atom stereocenters. The maximum absolute atomic E-state index is 14.0. The van der Waals surface area contributed by atoms with Crippen LogP contribution in [0, 0.1) is 5.92 Å². The second kappa shape index (κ2) is 21.3. The molecular weight excluding hydrogens is 829 g/mol. The fourth-order valence-corrected chi connectivity index (χ4v) is 7.40. The number of carbonyl (C=O) groups excluding carboxylic acids is 9. The van der Waals surface area contributed by atoms with Gasteiger partial charge in [0.05, 0.1) is 7.11 Å². The summed E-state index contributed by atoms with van der Waals surface area (Å²) < 4.78 is 10.2. The smallest absolute Gasteiger partial charge is 0.408 e. The van der Waals surface area contributed by atoms with E-state index >= 15 is 0 Å². The topological polar surface area (TPSA) is 251 Å². The van der Waals surface area contributed by atoms with Gasteiger partial charge in [0.2, 0.25) is 41.4 Å². The average molecular weight is 899 g/mol. The normalized spacial score (nSPS) is 18.2. The first-order valence-electron chi connectivity index (χ1n) is 21.8. The van der Waals surface area contributed by atoms with E-state index in [-0.39, 0.29) is 19.5 Å². The molecule has 0 radical (unpaired) electrons. The van der Waals surface area contributed by atoms with Crippen LogP contribution in [0.25, 0.3) is 0 Å².